The molecule has 1 aliphatic rings. The Kier molecular flexibility index (Phi) is 4.87. The SMILES string of the molecule is CN1CC[C@H](c2ccccc2)[C@H]1/C=C/c1ccc(Cl)cc1Cl. The van der Waals surface area contributed by atoms with Crippen LogP contribution in [0.4, 0.5) is 0 Å². The second kappa shape index (κ2) is 6.87. The third kappa shape index (κ3) is 3.38. The van der Waals surface area contributed by atoms with Crippen molar-refractivity contribution in [2.24, 2.45) is 0 Å². The number of hydrogen-bond donors (Lipinski definition) is 0. The van der Waals surface area contributed by atoms with E-state index >= 15 is 0 Å². The molecule has 0 N–H and O–H groups in total. The van der Waals surface area contributed by atoms with Crippen molar-refractivity contribution in [2.45, 2.75) is 18.4 Å². The lowest BCUT2D eigenvalue weighted by molar-refractivity contribution is 0.347. The highest BCUT2D eigenvalue weighted by Crippen LogP contribution is 2.34. The number of likely N-dealkylation sites (tertiary alicyclic amines) is 1. The van der Waals surface area contributed by atoms with Gasteiger partial charge in [0.25, 0.3) is 0 Å². The Labute approximate surface area is 142 Å². The maximum atomic E-state index is 6.26. The summed E-state index contributed by atoms with van der Waals surface area (Å²) in [7, 11) is 2.18. The molecule has 0 spiro atoms. The molecule has 0 aromatic heterocycles. The average Bonchev–Trinajstić information content (AvgIpc) is 2.88. The number of halogens is 2. The topological polar surface area (TPSA) is 3.24 Å². The largest absolute Gasteiger partial charge is 0.299 e. The minimum atomic E-state index is 0.397. The van der Waals surface area contributed by atoms with E-state index in [2.05, 4.69) is 54.4 Å². The molecule has 22 heavy (non-hydrogen) atoms. The first-order valence-corrected chi connectivity index (χ1v) is 8.29. The Balaban J connectivity index is 1.84. The van der Waals surface area contributed by atoms with Crippen LogP contribution in [0.5, 0.6) is 0 Å². The van der Waals surface area contributed by atoms with Gasteiger partial charge in [0, 0.05) is 22.0 Å². The van der Waals surface area contributed by atoms with Crippen LogP contribution in [-0.2, 0) is 0 Å². The van der Waals surface area contributed by atoms with Crippen LogP contribution in [-0.4, -0.2) is 24.5 Å². The van der Waals surface area contributed by atoms with Crippen molar-refractivity contribution in [3.63, 3.8) is 0 Å². The molecule has 0 bridgehead atoms. The third-order valence-corrected chi connectivity index (χ3v) is 4.94. The highest BCUT2D eigenvalue weighted by molar-refractivity contribution is 6.35. The quantitative estimate of drug-likeness (QED) is 0.718. The summed E-state index contributed by atoms with van der Waals surface area (Å²) in [6.45, 7) is 1.11. The molecule has 0 aliphatic carbocycles. The summed E-state index contributed by atoms with van der Waals surface area (Å²) >= 11 is 12.2. The molecular formula is C19H19Cl2N. The summed E-state index contributed by atoms with van der Waals surface area (Å²) in [5.41, 5.74) is 2.42. The minimum Gasteiger partial charge on any atom is -0.299 e. The molecule has 1 heterocycles. The molecule has 3 heteroatoms. The fourth-order valence-electron chi connectivity index (χ4n) is 3.15. The number of likely N-dealkylation sites (N-methyl/N-ethyl adjacent to an activating group) is 1. The van der Waals surface area contributed by atoms with Crippen LogP contribution in [0.15, 0.2) is 54.6 Å². The van der Waals surface area contributed by atoms with E-state index in [0.717, 1.165) is 12.1 Å². The summed E-state index contributed by atoms with van der Waals surface area (Å²) in [5, 5.41) is 1.36. The van der Waals surface area contributed by atoms with E-state index in [9.17, 15) is 0 Å². The van der Waals surface area contributed by atoms with Gasteiger partial charge in [0.1, 0.15) is 0 Å². The molecule has 1 fully saturated rings. The van der Waals surface area contributed by atoms with Gasteiger partial charge in [-0.1, -0.05) is 71.8 Å². The molecule has 0 unspecified atom stereocenters. The van der Waals surface area contributed by atoms with Crippen LogP contribution in [0, 0.1) is 0 Å². The highest BCUT2D eigenvalue weighted by Gasteiger charge is 2.30. The predicted octanol–water partition coefficient (Wildman–Crippen LogP) is 5.49. The van der Waals surface area contributed by atoms with Crippen LogP contribution in [0.25, 0.3) is 6.08 Å². The number of rotatable bonds is 3. The highest BCUT2D eigenvalue weighted by atomic mass is 35.5. The third-order valence-electron chi connectivity index (χ3n) is 4.38. The van der Waals surface area contributed by atoms with E-state index in [4.69, 9.17) is 23.2 Å². The van der Waals surface area contributed by atoms with Crippen molar-refractivity contribution in [1.29, 1.82) is 0 Å². The molecule has 0 saturated carbocycles. The molecule has 3 rings (SSSR count). The number of hydrogen-bond acceptors (Lipinski definition) is 1. The first-order chi connectivity index (χ1) is 10.6. The zero-order chi connectivity index (χ0) is 15.5. The monoisotopic (exact) mass is 331 g/mol. The van der Waals surface area contributed by atoms with Crippen molar-refractivity contribution in [3.8, 4) is 0 Å². The zero-order valence-electron chi connectivity index (χ0n) is 12.5. The second-order valence-electron chi connectivity index (χ2n) is 5.80. The van der Waals surface area contributed by atoms with Crippen molar-refractivity contribution in [1.82, 2.24) is 4.90 Å². The fraction of sp³-hybridized carbons (Fsp3) is 0.263. The minimum absolute atomic E-state index is 0.397. The van der Waals surface area contributed by atoms with E-state index < -0.39 is 0 Å². The molecule has 1 nitrogen and oxygen atoms in total. The molecule has 2 atom stereocenters. The van der Waals surface area contributed by atoms with Crippen LogP contribution in [0.2, 0.25) is 10.0 Å². The molecule has 0 amide bonds. The summed E-state index contributed by atoms with van der Waals surface area (Å²) in [6.07, 6.45) is 5.56. The standard InChI is InChI=1S/C19H19Cl2N/c1-22-12-11-17(14-5-3-2-4-6-14)19(22)10-8-15-7-9-16(20)13-18(15)21/h2-10,13,17,19H,11-12H2,1H3/b10-8+/t17-,19-/m1/s1. The Morgan fingerprint density at radius 1 is 1.09 bits per heavy atom. The lowest BCUT2D eigenvalue weighted by atomic mass is 9.91. The molecule has 1 aliphatic heterocycles. The van der Waals surface area contributed by atoms with Gasteiger partial charge in [-0.2, -0.15) is 0 Å². The van der Waals surface area contributed by atoms with Crippen molar-refractivity contribution in [2.75, 3.05) is 13.6 Å². The van der Waals surface area contributed by atoms with Crippen molar-refractivity contribution in [3.05, 3.63) is 75.8 Å². The smallest absolute Gasteiger partial charge is 0.0493 e. The molecule has 0 radical (unpaired) electrons. The van der Waals surface area contributed by atoms with E-state index in [1.165, 1.54) is 12.0 Å². The van der Waals surface area contributed by atoms with Gasteiger partial charge < -0.3 is 0 Å². The predicted molar refractivity (Wildman–Crippen MR) is 95.7 cm³/mol. The lowest BCUT2D eigenvalue weighted by Crippen LogP contribution is -2.26. The van der Waals surface area contributed by atoms with E-state index in [1.807, 2.05) is 12.1 Å². The van der Waals surface area contributed by atoms with E-state index in [0.29, 0.717) is 22.0 Å². The van der Waals surface area contributed by atoms with E-state index in [1.54, 1.807) is 6.07 Å². The van der Waals surface area contributed by atoms with Gasteiger partial charge in [0.05, 0.1) is 0 Å². The summed E-state index contributed by atoms with van der Waals surface area (Å²) in [4.78, 5) is 2.40. The van der Waals surface area contributed by atoms with Gasteiger partial charge >= 0.3 is 0 Å². The zero-order valence-corrected chi connectivity index (χ0v) is 14.1. The fourth-order valence-corrected chi connectivity index (χ4v) is 3.63. The molecule has 2 aromatic carbocycles. The van der Waals surface area contributed by atoms with Crippen LogP contribution in [0.3, 0.4) is 0 Å². The molecule has 114 valence electrons. The van der Waals surface area contributed by atoms with Gasteiger partial charge in [-0.3, -0.25) is 4.90 Å². The number of nitrogens with zero attached hydrogens (tertiary/aromatic N) is 1. The lowest BCUT2D eigenvalue weighted by Gasteiger charge is -2.22. The van der Waals surface area contributed by atoms with Crippen molar-refractivity contribution < 1.29 is 0 Å². The Bertz CT molecular complexity index is 666. The van der Waals surface area contributed by atoms with E-state index in [-0.39, 0.29) is 0 Å². The van der Waals surface area contributed by atoms with Crippen LogP contribution >= 0.6 is 23.2 Å². The van der Waals surface area contributed by atoms with Gasteiger partial charge in [0.2, 0.25) is 0 Å². The Morgan fingerprint density at radius 2 is 1.86 bits per heavy atom. The van der Waals surface area contributed by atoms with Gasteiger partial charge in [-0.25, -0.2) is 0 Å². The molecule has 2 aromatic rings. The van der Waals surface area contributed by atoms with Crippen LogP contribution in [0.1, 0.15) is 23.5 Å². The molecule has 1 saturated heterocycles. The summed E-state index contributed by atoms with van der Waals surface area (Å²) < 4.78 is 0. The first-order valence-electron chi connectivity index (χ1n) is 7.53. The maximum absolute atomic E-state index is 6.26. The first kappa shape index (κ1) is 15.6. The normalized spacial score (nSPS) is 22.5. The van der Waals surface area contributed by atoms with Gasteiger partial charge in [-0.15, -0.1) is 0 Å². The van der Waals surface area contributed by atoms with Gasteiger partial charge in [0.15, 0.2) is 0 Å². The second-order valence-corrected chi connectivity index (χ2v) is 6.65. The Morgan fingerprint density at radius 3 is 2.59 bits per heavy atom. The average molecular weight is 332 g/mol. The Hall–Kier alpha value is -1.28. The van der Waals surface area contributed by atoms with Crippen molar-refractivity contribution >= 4 is 29.3 Å². The maximum Gasteiger partial charge on any atom is 0.0493 e. The van der Waals surface area contributed by atoms with Crippen LogP contribution < -0.4 is 0 Å². The molecular weight excluding hydrogens is 313 g/mol. The number of benzene rings is 2. The van der Waals surface area contributed by atoms with Gasteiger partial charge in [-0.05, 0) is 43.3 Å². The summed E-state index contributed by atoms with van der Waals surface area (Å²) in [6, 6.07) is 16.8. The summed E-state index contributed by atoms with van der Waals surface area (Å²) in [5.74, 6) is 0.536.